The summed E-state index contributed by atoms with van der Waals surface area (Å²) in [7, 11) is 0. The highest BCUT2D eigenvalue weighted by atomic mass is 32.1. The Morgan fingerprint density at radius 1 is 1.14 bits per heavy atom. The van der Waals surface area contributed by atoms with E-state index in [1.54, 1.807) is 24.3 Å². The fourth-order valence-electron chi connectivity index (χ4n) is 2.24. The van der Waals surface area contributed by atoms with Crippen molar-refractivity contribution in [2.75, 3.05) is 0 Å². The van der Waals surface area contributed by atoms with Crippen molar-refractivity contribution in [2.45, 2.75) is 19.9 Å². The van der Waals surface area contributed by atoms with Crippen LogP contribution in [0.15, 0.2) is 48.5 Å². The Labute approximate surface area is 130 Å². The molecule has 0 aliphatic rings. The number of nitrogens with two attached hydrogens (primary N) is 1. The van der Waals surface area contributed by atoms with E-state index in [9.17, 15) is 4.79 Å². The number of amides is 1. The highest BCUT2D eigenvalue weighted by molar-refractivity contribution is 7.80. The van der Waals surface area contributed by atoms with Gasteiger partial charge in [0.15, 0.2) is 0 Å². The van der Waals surface area contributed by atoms with Crippen molar-refractivity contribution >= 4 is 23.1 Å². The first-order valence-electron chi connectivity index (χ1n) is 6.75. The van der Waals surface area contributed by atoms with Gasteiger partial charge in [-0.1, -0.05) is 48.6 Å². The number of carbonyl (C=O) groups is 1. The van der Waals surface area contributed by atoms with E-state index >= 15 is 0 Å². The summed E-state index contributed by atoms with van der Waals surface area (Å²) < 4.78 is 0. The van der Waals surface area contributed by atoms with E-state index in [0.717, 1.165) is 11.1 Å². The Kier molecular flexibility index (Phi) is 4.70. The molecule has 1 unspecified atom stereocenters. The van der Waals surface area contributed by atoms with Crippen LogP contribution >= 0.6 is 12.2 Å². The summed E-state index contributed by atoms with van der Waals surface area (Å²) in [6.07, 6.45) is 0. The molecule has 0 aliphatic carbocycles. The lowest BCUT2D eigenvalue weighted by Crippen LogP contribution is -2.27. The zero-order chi connectivity index (χ0) is 15.4. The molecule has 3 nitrogen and oxygen atoms in total. The molecule has 0 radical (unpaired) electrons. The van der Waals surface area contributed by atoms with Crippen LogP contribution in [0.5, 0.6) is 0 Å². The fourth-order valence-corrected chi connectivity index (χ4v) is 2.37. The van der Waals surface area contributed by atoms with Crippen molar-refractivity contribution < 1.29 is 4.79 Å². The molecular weight excluding hydrogens is 280 g/mol. The number of nitrogens with one attached hydrogen (secondary N) is 1. The first-order chi connectivity index (χ1) is 9.99. The highest BCUT2D eigenvalue weighted by Gasteiger charge is 2.13. The van der Waals surface area contributed by atoms with Gasteiger partial charge in [0, 0.05) is 11.1 Å². The molecule has 0 saturated heterocycles. The predicted molar refractivity (Wildman–Crippen MR) is 89.4 cm³/mol. The molecule has 0 heterocycles. The van der Waals surface area contributed by atoms with Crippen molar-refractivity contribution in [3.63, 3.8) is 0 Å². The van der Waals surface area contributed by atoms with Crippen LogP contribution in [0.1, 0.15) is 40.0 Å². The molecule has 1 amide bonds. The predicted octanol–water partition coefficient (Wildman–Crippen LogP) is 3.12. The van der Waals surface area contributed by atoms with Gasteiger partial charge in [-0.25, -0.2) is 0 Å². The maximum absolute atomic E-state index is 12.3. The zero-order valence-corrected chi connectivity index (χ0v) is 12.9. The summed E-state index contributed by atoms with van der Waals surface area (Å²) in [5.41, 5.74) is 9.11. The van der Waals surface area contributed by atoms with Gasteiger partial charge in [-0.05, 0) is 37.1 Å². The van der Waals surface area contributed by atoms with Gasteiger partial charge in [0.25, 0.3) is 5.91 Å². The van der Waals surface area contributed by atoms with Crippen LogP contribution in [0.3, 0.4) is 0 Å². The Morgan fingerprint density at radius 2 is 1.81 bits per heavy atom. The largest absolute Gasteiger partial charge is 0.389 e. The minimum absolute atomic E-state index is 0.0628. The van der Waals surface area contributed by atoms with Gasteiger partial charge in [-0.15, -0.1) is 0 Å². The average Bonchev–Trinajstić information content (AvgIpc) is 2.47. The van der Waals surface area contributed by atoms with Gasteiger partial charge in [-0.2, -0.15) is 0 Å². The molecule has 21 heavy (non-hydrogen) atoms. The first-order valence-corrected chi connectivity index (χ1v) is 7.16. The summed E-state index contributed by atoms with van der Waals surface area (Å²) in [6.45, 7) is 4.00. The molecule has 4 heteroatoms. The standard InChI is InChI=1S/C17H18N2OS/c1-11-6-3-4-9-15(11)12(2)19-17(20)14-8-5-7-13(10-14)16(18)21/h3-10,12H,1-2H3,(H2,18,21)(H,19,20). The minimum Gasteiger partial charge on any atom is -0.389 e. The number of aryl methyl sites for hydroxylation is 1. The number of thiocarbonyl (C=S) groups is 1. The summed E-state index contributed by atoms with van der Waals surface area (Å²) in [4.78, 5) is 12.6. The highest BCUT2D eigenvalue weighted by Crippen LogP contribution is 2.17. The molecule has 3 N–H and O–H groups in total. The van der Waals surface area contributed by atoms with Gasteiger partial charge < -0.3 is 11.1 Å². The van der Waals surface area contributed by atoms with Crippen molar-refractivity contribution in [3.05, 3.63) is 70.8 Å². The third-order valence-corrected chi connectivity index (χ3v) is 3.65. The number of hydrogen-bond acceptors (Lipinski definition) is 2. The van der Waals surface area contributed by atoms with Gasteiger partial charge >= 0.3 is 0 Å². The van der Waals surface area contributed by atoms with Crippen LogP contribution in [0.2, 0.25) is 0 Å². The second-order valence-electron chi connectivity index (χ2n) is 5.00. The fraction of sp³-hybridized carbons (Fsp3) is 0.176. The van der Waals surface area contributed by atoms with Crippen LogP contribution < -0.4 is 11.1 Å². The lowest BCUT2D eigenvalue weighted by atomic mass is 10.0. The topological polar surface area (TPSA) is 55.1 Å². The molecule has 0 aliphatic heterocycles. The second kappa shape index (κ2) is 6.50. The van der Waals surface area contributed by atoms with Gasteiger partial charge in [-0.3, -0.25) is 4.79 Å². The van der Waals surface area contributed by atoms with E-state index in [2.05, 4.69) is 5.32 Å². The molecule has 2 aromatic carbocycles. The molecule has 2 rings (SSSR count). The summed E-state index contributed by atoms with van der Waals surface area (Å²) in [5.74, 6) is -0.135. The maximum Gasteiger partial charge on any atom is 0.251 e. The average molecular weight is 298 g/mol. The van der Waals surface area contributed by atoms with Crippen molar-refractivity contribution in [1.82, 2.24) is 5.32 Å². The molecule has 108 valence electrons. The number of benzene rings is 2. The van der Waals surface area contributed by atoms with Crippen LogP contribution in [-0.4, -0.2) is 10.9 Å². The van der Waals surface area contributed by atoms with Gasteiger partial charge in [0.05, 0.1) is 6.04 Å². The quantitative estimate of drug-likeness (QED) is 0.853. The third kappa shape index (κ3) is 3.67. The van der Waals surface area contributed by atoms with E-state index in [1.807, 2.05) is 38.1 Å². The number of hydrogen-bond donors (Lipinski definition) is 2. The van der Waals surface area contributed by atoms with E-state index in [4.69, 9.17) is 18.0 Å². The maximum atomic E-state index is 12.3. The Hall–Kier alpha value is -2.20. The minimum atomic E-state index is -0.135. The van der Waals surface area contributed by atoms with E-state index in [0.29, 0.717) is 11.1 Å². The normalized spacial score (nSPS) is 11.7. The molecule has 0 fully saturated rings. The lowest BCUT2D eigenvalue weighted by Gasteiger charge is -2.16. The number of rotatable bonds is 4. The van der Waals surface area contributed by atoms with E-state index in [-0.39, 0.29) is 16.9 Å². The lowest BCUT2D eigenvalue weighted by molar-refractivity contribution is 0.0940. The molecule has 0 saturated carbocycles. The summed E-state index contributed by atoms with van der Waals surface area (Å²) >= 11 is 4.94. The van der Waals surface area contributed by atoms with Gasteiger partial charge in [0.1, 0.15) is 4.99 Å². The van der Waals surface area contributed by atoms with Crippen LogP contribution in [-0.2, 0) is 0 Å². The number of carbonyl (C=O) groups excluding carboxylic acids is 1. The van der Waals surface area contributed by atoms with Crippen molar-refractivity contribution in [3.8, 4) is 0 Å². The van der Waals surface area contributed by atoms with Crippen LogP contribution in [0.25, 0.3) is 0 Å². The molecule has 2 aromatic rings. The molecule has 0 spiro atoms. The zero-order valence-electron chi connectivity index (χ0n) is 12.1. The Morgan fingerprint density at radius 3 is 2.48 bits per heavy atom. The second-order valence-corrected chi connectivity index (χ2v) is 5.44. The first kappa shape index (κ1) is 15.2. The molecule has 1 atom stereocenters. The van der Waals surface area contributed by atoms with Crippen molar-refractivity contribution in [1.29, 1.82) is 0 Å². The van der Waals surface area contributed by atoms with Crippen LogP contribution in [0, 0.1) is 6.92 Å². The van der Waals surface area contributed by atoms with E-state index in [1.165, 1.54) is 0 Å². The Bertz CT molecular complexity index is 682. The van der Waals surface area contributed by atoms with Gasteiger partial charge in [0.2, 0.25) is 0 Å². The smallest absolute Gasteiger partial charge is 0.251 e. The molecule has 0 bridgehead atoms. The molecular formula is C17H18N2OS. The van der Waals surface area contributed by atoms with Crippen LogP contribution in [0.4, 0.5) is 0 Å². The van der Waals surface area contributed by atoms with Crippen molar-refractivity contribution in [2.24, 2.45) is 5.73 Å². The van der Waals surface area contributed by atoms with E-state index < -0.39 is 0 Å². The summed E-state index contributed by atoms with van der Waals surface area (Å²) in [6, 6.07) is 15.0. The summed E-state index contributed by atoms with van der Waals surface area (Å²) in [5, 5.41) is 3.00. The Balaban J connectivity index is 2.16. The molecule has 0 aromatic heterocycles. The SMILES string of the molecule is Cc1ccccc1C(C)NC(=O)c1cccc(C(N)=S)c1. The third-order valence-electron chi connectivity index (χ3n) is 3.41. The monoisotopic (exact) mass is 298 g/mol.